The fraction of sp³-hybridized carbons (Fsp3) is 0. The molecule has 0 saturated carbocycles. The summed E-state index contributed by atoms with van der Waals surface area (Å²) in [7, 11) is 0. The first-order valence-electron chi connectivity index (χ1n) is 16.7. The molecule has 7 aromatic carbocycles. The van der Waals surface area contributed by atoms with E-state index in [0.717, 1.165) is 55.4 Å². The highest BCUT2D eigenvalue weighted by Crippen LogP contribution is 2.40. The van der Waals surface area contributed by atoms with E-state index in [4.69, 9.17) is 19.4 Å². The van der Waals surface area contributed by atoms with Crippen molar-refractivity contribution in [2.24, 2.45) is 0 Å². The van der Waals surface area contributed by atoms with Gasteiger partial charge in [-0.05, 0) is 35.9 Å². The van der Waals surface area contributed by atoms with Gasteiger partial charge in [0.25, 0.3) is 0 Å². The van der Waals surface area contributed by atoms with Gasteiger partial charge < -0.3 is 8.98 Å². The van der Waals surface area contributed by atoms with E-state index in [1.165, 1.54) is 21.8 Å². The number of nitrogens with zero attached hydrogens (tertiary/aromatic N) is 4. The van der Waals surface area contributed by atoms with E-state index < -0.39 is 0 Å². The zero-order chi connectivity index (χ0) is 33.0. The number of aromatic nitrogens is 4. The van der Waals surface area contributed by atoms with E-state index >= 15 is 0 Å². The van der Waals surface area contributed by atoms with Gasteiger partial charge in [-0.25, -0.2) is 15.0 Å². The van der Waals surface area contributed by atoms with Crippen LogP contribution in [0.25, 0.3) is 94.7 Å². The van der Waals surface area contributed by atoms with Crippen LogP contribution in [0, 0.1) is 0 Å². The molecular weight excluding hydrogens is 613 g/mol. The zero-order valence-electron chi connectivity index (χ0n) is 26.9. The van der Waals surface area contributed by atoms with Gasteiger partial charge in [-0.1, -0.05) is 140 Å². The third kappa shape index (κ3) is 4.52. The van der Waals surface area contributed by atoms with Crippen molar-refractivity contribution >= 4 is 43.7 Å². The van der Waals surface area contributed by atoms with Crippen LogP contribution < -0.4 is 0 Å². The standard InChI is InChI=1S/C45H28N4O/c1-3-14-29(15-4-1)43-46-44(30-16-5-2-6-17-30)48-45(47-43)38-25-13-24-37-36-23-12-22-33(41(36)50-42(37)38)31-18-11-19-32(28-31)49-39-26-9-7-20-34(39)35-21-8-10-27-40(35)49/h1-28H. The first-order chi connectivity index (χ1) is 24.8. The van der Waals surface area contributed by atoms with Crippen LogP contribution in [0.5, 0.6) is 0 Å². The predicted octanol–water partition coefficient (Wildman–Crippen LogP) is 11.5. The summed E-state index contributed by atoms with van der Waals surface area (Å²) in [6.07, 6.45) is 0. The van der Waals surface area contributed by atoms with Crippen molar-refractivity contribution in [2.75, 3.05) is 0 Å². The van der Waals surface area contributed by atoms with Crippen LogP contribution in [0.4, 0.5) is 0 Å². The van der Waals surface area contributed by atoms with Gasteiger partial charge in [-0.3, -0.25) is 0 Å². The van der Waals surface area contributed by atoms with Crippen LogP contribution in [-0.4, -0.2) is 19.5 Å². The van der Waals surface area contributed by atoms with E-state index in [2.05, 4.69) is 108 Å². The Morgan fingerprint density at radius 2 is 0.820 bits per heavy atom. The fourth-order valence-electron chi connectivity index (χ4n) is 7.17. The average Bonchev–Trinajstić information content (AvgIpc) is 3.75. The van der Waals surface area contributed by atoms with Gasteiger partial charge in [0, 0.05) is 43.9 Å². The van der Waals surface area contributed by atoms with Crippen LogP contribution >= 0.6 is 0 Å². The molecule has 0 spiro atoms. The summed E-state index contributed by atoms with van der Waals surface area (Å²) in [5, 5.41) is 4.54. The molecule has 234 valence electrons. The fourth-order valence-corrected chi connectivity index (χ4v) is 7.17. The van der Waals surface area contributed by atoms with Crippen molar-refractivity contribution in [2.45, 2.75) is 0 Å². The summed E-state index contributed by atoms with van der Waals surface area (Å²) in [5.41, 5.74) is 9.81. The summed E-state index contributed by atoms with van der Waals surface area (Å²) in [4.78, 5) is 14.9. The van der Waals surface area contributed by atoms with E-state index in [9.17, 15) is 0 Å². The molecule has 0 aliphatic rings. The molecule has 0 bridgehead atoms. The third-order valence-corrected chi connectivity index (χ3v) is 9.46. The molecule has 10 rings (SSSR count). The monoisotopic (exact) mass is 640 g/mol. The molecule has 0 unspecified atom stereocenters. The molecule has 0 aliphatic carbocycles. The van der Waals surface area contributed by atoms with Gasteiger partial charge in [-0.15, -0.1) is 0 Å². The molecule has 5 heteroatoms. The van der Waals surface area contributed by atoms with E-state index in [-0.39, 0.29) is 0 Å². The Balaban J connectivity index is 1.16. The number of furan rings is 1. The van der Waals surface area contributed by atoms with Crippen molar-refractivity contribution in [3.05, 3.63) is 170 Å². The SMILES string of the molecule is c1ccc(-c2nc(-c3ccccc3)nc(-c3cccc4c3oc3c(-c5cccc(-n6c7ccccc7c7ccccc76)c5)cccc34)n2)cc1. The van der Waals surface area contributed by atoms with Gasteiger partial charge in [0.05, 0.1) is 16.6 Å². The summed E-state index contributed by atoms with van der Waals surface area (Å²) in [6, 6.07) is 58.6. The van der Waals surface area contributed by atoms with Crippen LogP contribution in [-0.2, 0) is 0 Å². The molecule has 0 radical (unpaired) electrons. The zero-order valence-corrected chi connectivity index (χ0v) is 26.9. The Kier molecular flexibility index (Phi) is 6.42. The maximum Gasteiger partial charge on any atom is 0.167 e. The van der Waals surface area contributed by atoms with Gasteiger partial charge in [-0.2, -0.15) is 0 Å². The maximum absolute atomic E-state index is 6.88. The molecular formula is C45H28N4O. The minimum atomic E-state index is 0.567. The highest BCUT2D eigenvalue weighted by atomic mass is 16.3. The Hall–Kier alpha value is -6.85. The maximum atomic E-state index is 6.88. The third-order valence-electron chi connectivity index (χ3n) is 9.46. The average molecular weight is 641 g/mol. The highest BCUT2D eigenvalue weighted by molar-refractivity contribution is 6.13. The Bertz CT molecular complexity index is 2760. The number of para-hydroxylation sites is 4. The lowest BCUT2D eigenvalue weighted by Crippen LogP contribution is -2.00. The minimum absolute atomic E-state index is 0.567. The summed E-state index contributed by atoms with van der Waals surface area (Å²) in [6.45, 7) is 0. The molecule has 0 aliphatic heterocycles. The molecule has 0 amide bonds. The molecule has 0 N–H and O–H groups in total. The number of hydrogen-bond donors (Lipinski definition) is 0. The molecule has 50 heavy (non-hydrogen) atoms. The second-order valence-corrected chi connectivity index (χ2v) is 12.4. The number of benzene rings is 7. The summed E-state index contributed by atoms with van der Waals surface area (Å²) < 4.78 is 9.23. The second kappa shape index (κ2) is 11.4. The molecule has 0 saturated heterocycles. The number of hydrogen-bond acceptors (Lipinski definition) is 4. The molecule has 5 nitrogen and oxygen atoms in total. The summed E-state index contributed by atoms with van der Waals surface area (Å²) >= 11 is 0. The highest BCUT2D eigenvalue weighted by Gasteiger charge is 2.20. The lowest BCUT2D eigenvalue weighted by molar-refractivity contribution is 0.670. The van der Waals surface area contributed by atoms with Gasteiger partial charge in [0.1, 0.15) is 11.2 Å². The first kappa shape index (κ1) is 28.2. The van der Waals surface area contributed by atoms with E-state index in [0.29, 0.717) is 17.5 Å². The van der Waals surface area contributed by atoms with Gasteiger partial charge in [0.15, 0.2) is 17.5 Å². The van der Waals surface area contributed by atoms with Crippen LogP contribution in [0.2, 0.25) is 0 Å². The number of fused-ring (bicyclic) bond motifs is 6. The molecule has 3 heterocycles. The van der Waals surface area contributed by atoms with Gasteiger partial charge >= 0.3 is 0 Å². The van der Waals surface area contributed by atoms with E-state index in [1.807, 2.05) is 66.7 Å². The van der Waals surface area contributed by atoms with Crippen LogP contribution in [0.3, 0.4) is 0 Å². The summed E-state index contributed by atoms with van der Waals surface area (Å²) in [5.74, 6) is 1.80. The smallest absolute Gasteiger partial charge is 0.167 e. The van der Waals surface area contributed by atoms with Crippen molar-refractivity contribution in [1.82, 2.24) is 19.5 Å². The predicted molar refractivity (Wildman–Crippen MR) is 203 cm³/mol. The lowest BCUT2D eigenvalue weighted by atomic mass is 10.0. The van der Waals surface area contributed by atoms with E-state index in [1.54, 1.807) is 0 Å². The van der Waals surface area contributed by atoms with Gasteiger partial charge in [0.2, 0.25) is 0 Å². The van der Waals surface area contributed by atoms with Crippen molar-refractivity contribution in [1.29, 1.82) is 0 Å². The molecule has 10 aromatic rings. The first-order valence-corrected chi connectivity index (χ1v) is 16.7. The molecule has 0 fully saturated rings. The Morgan fingerprint density at radius 1 is 0.360 bits per heavy atom. The Labute approximate surface area is 287 Å². The van der Waals surface area contributed by atoms with Crippen molar-refractivity contribution in [3.63, 3.8) is 0 Å². The van der Waals surface area contributed by atoms with Crippen LogP contribution in [0.15, 0.2) is 174 Å². The minimum Gasteiger partial charge on any atom is -0.455 e. The van der Waals surface area contributed by atoms with Crippen molar-refractivity contribution < 1.29 is 4.42 Å². The van der Waals surface area contributed by atoms with Crippen molar-refractivity contribution in [3.8, 4) is 51.0 Å². The lowest BCUT2D eigenvalue weighted by Gasteiger charge is -2.10. The largest absolute Gasteiger partial charge is 0.455 e. The Morgan fingerprint density at radius 3 is 1.44 bits per heavy atom. The number of rotatable bonds is 5. The van der Waals surface area contributed by atoms with Crippen LogP contribution in [0.1, 0.15) is 0 Å². The normalized spacial score (nSPS) is 11.6. The molecule has 0 atom stereocenters. The quantitative estimate of drug-likeness (QED) is 0.188. The molecule has 3 aromatic heterocycles. The second-order valence-electron chi connectivity index (χ2n) is 12.4. The topological polar surface area (TPSA) is 56.7 Å².